The Hall–Kier alpha value is -3.16. The minimum absolute atomic E-state index is 0.0170. The van der Waals surface area contributed by atoms with E-state index in [0.29, 0.717) is 18.0 Å². The summed E-state index contributed by atoms with van der Waals surface area (Å²) >= 11 is 0. The largest absolute Gasteiger partial charge is 0.454 e. The summed E-state index contributed by atoms with van der Waals surface area (Å²) in [5.41, 5.74) is 1.000. The fraction of sp³-hybridized carbons (Fsp3) is 0.263. The molecular weight excluding hydrogens is 358 g/mol. The molecule has 0 aromatic heterocycles. The first-order valence-corrected chi connectivity index (χ1v) is 8.31. The second kappa shape index (κ2) is 8.03. The van der Waals surface area contributed by atoms with Crippen LogP contribution in [0.3, 0.4) is 0 Å². The molecule has 0 spiro atoms. The number of carbonyl (C=O) groups is 2. The highest BCUT2D eigenvalue weighted by Gasteiger charge is 2.16. The lowest BCUT2D eigenvalue weighted by Crippen LogP contribution is -2.31. The van der Waals surface area contributed by atoms with Crippen molar-refractivity contribution in [3.05, 3.63) is 53.6 Å². The molecule has 1 aliphatic rings. The van der Waals surface area contributed by atoms with Gasteiger partial charge < -0.3 is 19.7 Å². The highest BCUT2D eigenvalue weighted by Crippen LogP contribution is 2.32. The van der Waals surface area contributed by atoms with Gasteiger partial charge in [0.1, 0.15) is 0 Å². The molecule has 0 unspecified atom stereocenters. The van der Waals surface area contributed by atoms with Crippen molar-refractivity contribution in [3.8, 4) is 11.5 Å². The van der Waals surface area contributed by atoms with Crippen molar-refractivity contribution in [1.82, 2.24) is 4.90 Å². The number of hydrogen-bond donors (Lipinski definition) is 1. The molecule has 1 heterocycles. The third kappa shape index (κ3) is 4.72. The molecule has 0 aliphatic carbocycles. The minimum atomic E-state index is -1.04. The van der Waals surface area contributed by atoms with Crippen LogP contribution in [0, 0.1) is 11.6 Å². The highest BCUT2D eigenvalue weighted by atomic mass is 19.2. The van der Waals surface area contributed by atoms with Gasteiger partial charge in [0, 0.05) is 38.2 Å². The van der Waals surface area contributed by atoms with Crippen molar-refractivity contribution < 1.29 is 27.8 Å². The number of hydrogen-bond acceptors (Lipinski definition) is 4. The summed E-state index contributed by atoms with van der Waals surface area (Å²) in [6.07, 6.45) is 0.0170. The SMILES string of the molecule is CC(=O)N(CCC(=O)Nc1ccc(F)c(F)c1)Cc1ccc2c(c1)OCO2. The molecular formula is C19H18F2N2O4. The zero-order chi connectivity index (χ0) is 19.4. The molecule has 2 aromatic rings. The van der Waals surface area contributed by atoms with E-state index in [0.717, 1.165) is 17.7 Å². The summed E-state index contributed by atoms with van der Waals surface area (Å²) in [5.74, 6) is -1.35. The summed E-state index contributed by atoms with van der Waals surface area (Å²) < 4.78 is 36.7. The molecule has 0 bridgehead atoms. The van der Waals surface area contributed by atoms with Gasteiger partial charge in [-0.15, -0.1) is 0 Å². The van der Waals surface area contributed by atoms with Gasteiger partial charge in [0.15, 0.2) is 23.1 Å². The second-order valence-corrected chi connectivity index (χ2v) is 6.06. The van der Waals surface area contributed by atoms with Gasteiger partial charge in [0.2, 0.25) is 18.6 Å². The average Bonchev–Trinajstić information content (AvgIpc) is 3.09. The van der Waals surface area contributed by atoms with Gasteiger partial charge in [-0.05, 0) is 29.8 Å². The Balaban J connectivity index is 1.57. The molecule has 142 valence electrons. The van der Waals surface area contributed by atoms with Gasteiger partial charge in [-0.1, -0.05) is 6.07 Å². The molecule has 6 nitrogen and oxygen atoms in total. The number of nitrogens with one attached hydrogen (secondary N) is 1. The maximum absolute atomic E-state index is 13.2. The number of nitrogens with zero attached hydrogens (tertiary/aromatic N) is 1. The summed E-state index contributed by atoms with van der Waals surface area (Å²) in [6.45, 7) is 2.07. The Morgan fingerprint density at radius 2 is 1.85 bits per heavy atom. The van der Waals surface area contributed by atoms with Crippen molar-refractivity contribution in [2.24, 2.45) is 0 Å². The van der Waals surface area contributed by atoms with E-state index < -0.39 is 17.5 Å². The lowest BCUT2D eigenvalue weighted by molar-refractivity contribution is -0.129. The van der Waals surface area contributed by atoms with E-state index in [4.69, 9.17) is 9.47 Å². The first kappa shape index (κ1) is 18.6. The standard InChI is InChI=1S/C19H18F2N2O4/c1-12(24)23(10-13-2-5-17-18(8-13)27-11-26-17)7-6-19(25)22-14-3-4-15(20)16(21)9-14/h2-5,8-9H,6-7,10-11H2,1H3,(H,22,25). The van der Waals surface area contributed by atoms with Gasteiger partial charge in [0.05, 0.1) is 0 Å². The first-order chi connectivity index (χ1) is 12.9. The smallest absolute Gasteiger partial charge is 0.231 e. The van der Waals surface area contributed by atoms with E-state index in [1.807, 2.05) is 6.07 Å². The van der Waals surface area contributed by atoms with Crippen LogP contribution >= 0.6 is 0 Å². The number of rotatable bonds is 6. The Bertz CT molecular complexity index is 873. The Morgan fingerprint density at radius 3 is 2.59 bits per heavy atom. The summed E-state index contributed by atoms with van der Waals surface area (Å²) in [4.78, 5) is 25.4. The topological polar surface area (TPSA) is 67.9 Å². The number of anilines is 1. The van der Waals surface area contributed by atoms with E-state index in [9.17, 15) is 18.4 Å². The van der Waals surface area contributed by atoms with Gasteiger partial charge in [0.25, 0.3) is 0 Å². The normalized spacial score (nSPS) is 12.0. The van der Waals surface area contributed by atoms with Gasteiger partial charge in [-0.3, -0.25) is 9.59 Å². The number of amides is 2. The van der Waals surface area contributed by atoms with Crippen molar-refractivity contribution in [1.29, 1.82) is 0 Å². The summed E-state index contributed by atoms with van der Waals surface area (Å²) in [5, 5.41) is 2.48. The molecule has 0 atom stereocenters. The molecule has 1 aliphatic heterocycles. The van der Waals surface area contributed by atoms with Crippen molar-refractivity contribution in [3.63, 3.8) is 0 Å². The van der Waals surface area contributed by atoms with Gasteiger partial charge >= 0.3 is 0 Å². The van der Waals surface area contributed by atoms with Crippen LogP contribution in [-0.2, 0) is 16.1 Å². The Morgan fingerprint density at radius 1 is 1.07 bits per heavy atom. The Labute approximate surface area is 154 Å². The lowest BCUT2D eigenvalue weighted by atomic mass is 10.2. The Kier molecular flexibility index (Phi) is 5.54. The van der Waals surface area contributed by atoms with E-state index in [1.54, 1.807) is 12.1 Å². The number of ether oxygens (including phenoxy) is 2. The molecule has 0 saturated carbocycles. The van der Waals surface area contributed by atoms with Gasteiger partial charge in [-0.25, -0.2) is 8.78 Å². The van der Waals surface area contributed by atoms with Gasteiger partial charge in [-0.2, -0.15) is 0 Å². The molecule has 2 amide bonds. The molecule has 1 N–H and O–H groups in total. The zero-order valence-corrected chi connectivity index (χ0v) is 14.6. The van der Waals surface area contributed by atoms with Crippen LogP contribution in [0.4, 0.5) is 14.5 Å². The number of carbonyl (C=O) groups excluding carboxylic acids is 2. The second-order valence-electron chi connectivity index (χ2n) is 6.06. The van der Waals surface area contributed by atoms with Crippen LogP contribution in [0.2, 0.25) is 0 Å². The van der Waals surface area contributed by atoms with Crippen LogP contribution in [0.25, 0.3) is 0 Å². The molecule has 0 radical (unpaired) electrons. The van der Waals surface area contributed by atoms with Crippen LogP contribution in [-0.4, -0.2) is 30.1 Å². The molecule has 8 heteroatoms. The zero-order valence-electron chi connectivity index (χ0n) is 14.6. The third-order valence-electron chi connectivity index (χ3n) is 4.07. The predicted molar refractivity (Wildman–Crippen MR) is 93.3 cm³/mol. The molecule has 27 heavy (non-hydrogen) atoms. The summed E-state index contributed by atoms with van der Waals surface area (Å²) in [6, 6.07) is 8.50. The fourth-order valence-corrected chi connectivity index (χ4v) is 2.64. The molecule has 2 aromatic carbocycles. The first-order valence-electron chi connectivity index (χ1n) is 8.31. The molecule has 3 rings (SSSR count). The number of fused-ring (bicyclic) bond motifs is 1. The number of benzene rings is 2. The fourth-order valence-electron chi connectivity index (χ4n) is 2.64. The minimum Gasteiger partial charge on any atom is -0.454 e. The summed E-state index contributed by atoms with van der Waals surface area (Å²) in [7, 11) is 0. The van der Waals surface area contributed by atoms with E-state index >= 15 is 0 Å². The van der Waals surface area contributed by atoms with E-state index in [-0.39, 0.29) is 31.4 Å². The predicted octanol–water partition coefficient (Wildman–Crippen LogP) is 3.07. The van der Waals surface area contributed by atoms with Crippen molar-refractivity contribution in [2.45, 2.75) is 19.9 Å². The van der Waals surface area contributed by atoms with Crippen LogP contribution in [0.5, 0.6) is 11.5 Å². The van der Waals surface area contributed by atoms with Crippen LogP contribution in [0.1, 0.15) is 18.9 Å². The average molecular weight is 376 g/mol. The molecule has 0 saturated heterocycles. The van der Waals surface area contributed by atoms with E-state index in [2.05, 4.69) is 5.32 Å². The van der Waals surface area contributed by atoms with E-state index in [1.165, 1.54) is 17.9 Å². The maximum atomic E-state index is 13.2. The maximum Gasteiger partial charge on any atom is 0.231 e. The highest BCUT2D eigenvalue weighted by molar-refractivity contribution is 5.91. The monoisotopic (exact) mass is 376 g/mol. The number of halogens is 2. The molecule has 0 fully saturated rings. The lowest BCUT2D eigenvalue weighted by Gasteiger charge is -2.21. The van der Waals surface area contributed by atoms with Crippen LogP contribution < -0.4 is 14.8 Å². The van der Waals surface area contributed by atoms with Crippen LogP contribution in [0.15, 0.2) is 36.4 Å². The third-order valence-corrected chi connectivity index (χ3v) is 4.07. The van der Waals surface area contributed by atoms with Crippen molar-refractivity contribution >= 4 is 17.5 Å². The van der Waals surface area contributed by atoms with Crippen molar-refractivity contribution in [2.75, 3.05) is 18.7 Å². The quantitative estimate of drug-likeness (QED) is 0.841.